The summed E-state index contributed by atoms with van der Waals surface area (Å²) in [5.41, 5.74) is 27.4. The van der Waals surface area contributed by atoms with Crippen molar-refractivity contribution in [3.8, 4) is 22.3 Å². The molecule has 0 saturated carbocycles. The molecule has 0 amide bonds. The van der Waals surface area contributed by atoms with E-state index in [0.29, 0.717) is 7.25 Å². The third-order valence-electron chi connectivity index (χ3n) is 12.1. The summed E-state index contributed by atoms with van der Waals surface area (Å²) in [4.78, 5) is 0. The Kier molecular flexibility index (Phi) is 10.2. The first-order valence-corrected chi connectivity index (χ1v) is 23.7. The van der Waals surface area contributed by atoms with Crippen molar-refractivity contribution >= 4 is 12.2 Å². The molecular formula is C44H50Cl2Zr. The minimum Gasteiger partial charge on any atom is -1.00 e. The van der Waals surface area contributed by atoms with Gasteiger partial charge in [-0.3, -0.25) is 0 Å². The van der Waals surface area contributed by atoms with E-state index in [1.807, 2.05) is 0 Å². The van der Waals surface area contributed by atoms with Crippen LogP contribution in [0.2, 0.25) is 8.26 Å². The molecule has 4 aromatic rings. The second-order valence-electron chi connectivity index (χ2n) is 14.7. The molecule has 1 saturated heterocycles. The third-order valence-corrected chi connectivity index (χ3v) is 25.1. The Balaban J connectivity index is 0.00000217. The fourth-order valence-corrected chi connectivity index (χ4v) is 27.9. The van der Waals surface area contributed by atoms with Crippen molar-refractivity contribution < 1.29 is 45.1 Å². The maximum Gasteiger partial charge on any atom is -1.00 e. The predicted molar refractivity (Wildman–Crippen MR) is 193 cm³/mol. The van der Waals surface area contributed by atoms with Gasteiger partial charge < -0.3 is 24.8 Å². The van der Waals surface area contributed by atoms with Crippen LogP contribution in [0.25, 0.3) is 34.4 Å². The molecule has 4 aromatic carbocycles. The van der Waals surface area contributed by atoms with E-state index in [4.69, 9.17) is 0 Å². The Bertz CT molecular complexity index is 1830. The van der Waals surface area contributed by atoms with Crippen LogP contribution in [0.5, 0.6) is 0 Å². The monoisotopic (exact) mass is 738 g/mol. The van der Waals surface area contributed by atoms with E-state index < -0.39 is 20.3 Å². The quantitative estimate of drug-likeness (QED) is 0.202. The van der Waals surface area contributed by atoms with E-state index in [0.717, 1.165) is 12.8 Å². The van der Waals surface area contributed by atoms with Gasteiger partial charge in [-0.2, -0.15) is 0 Å². The minimum atomic E-state index is -2.82. The molecule has 2 atom stereocenters. The average Bonchev–Trinajstić information content (AvgIpc) is 3.53. The number of allylic oxidation sites excluding steroid dienone is 2. The van der Waals surface area contributed by atoms with Gasteiger partial charge in [-0.25, -0.2) is 0 Å². The maximum atomic E-state index is 2.68. The van der Waals surface area contributed by atoms with Crippen molar-refractivity contribution in [2.45, 2.75) is 97.6 Å². The molecule has 3 heteroatoms. The van der Waals surface area contributed by atoms with Gasteiger partial charge in [0.05, 0.1) is 0 Å². The van der Waals surface area contributed by atoms with Crippen molar-refractivity contribution in [1.82, 2.24) is 0 Å². The first-order chi connectivity index (χ1) is 21.5. The van der Waals surface area contributed by atoms with Crippen molar-refractivity contribution in [3.05, 3.63) is 126 Å². The van der Waals surface area contributed by atoms with Crippen LogP contribution in [0.15, 0.2) is 59.7 Å². The van der Waals surface area contributed by atoms with Crippen LogP contribution in [0, 0.1) is 55.4 Å². The van der Waals surface area contributed by atoms with Crippen molar-refractivity contribution in [2.75, 3.05) is 0 Å². The number of aryl methyl sites for hydroxylation is 6. The third kappa shape index (κ3) is 5.43. The Morgan fingerprint density at radius 2 is 0.915 bits per heavy atom. The molecule has 0 aromatic heterocycles. The van der Waals surface area contributed by atoms with Crippen molar-refractivity contribution in [3.63, 3.8) is 0 Å². The van der Waals surface area contributed by atoms with Gasteiger partial charge in [0.25, 0.3) is 0 Å². The van der Waals surface area contributed by atoms with Gasteiger partial charge in [-0.15, -0.1) is 0 Å². The zero-order chi connectivity index (χ0) is 31.9. The zero-order valence-electron chi connectivity index (χ0n) is 30.0. The van der Waals surface area contributed by atoms with Gasteiger partial charge in [-0.1, -0.05) is 0 Å². The molecule has 47 heavy (non-hydrogen) atoms. The Hall–Kier alpha value is -2.18. The molecule has 0 bridgehead atoms. The summed E-state index contributed by atoms with van der Waals surface area (Å²) < 4.78 is 4.38. The van der Waals surface area contributed by atoms with Gasteiger partial charge >= 0.3 is 279 Å². The number of halogens is 2. The first-order valence-electron chi connectivity index (χ1n) is 17.4. The number of hydrogen-bond donors (Lipinski definition) is 0. The smallest absolute Gasteiger partial charge is 1.00 e. The second-order valence-corrected chi connectivity index (χ2v) is 26.0. The fourth-order valence-electron chi connectivity index (χ4n) is 9.62. The molecule has 1 heterocycles. The molecule has 0 N–H and O–H groups in total. The van der Waals surface area contributed by atoms with Crippen LogP contribution in [-0.2, 0) is 20.3 Å². The normalized spacial score (nSPS) is 17.8. The van der Waals surface area contributed by atoms with E-state index in [-0.39, 0.29) is 24.8 Å². The number of rotatable bonds is 6. The Morgan fingerprint density at radius 1 is 0.532 bits per heavy atom. The molecule has 1 fully saturated rings. The summed E-state index contributed by atoms with van der Waals surface area (Å²) in [7, 11) is 0. The molecule has 7 rings (SSSR count). The summed E-state index contributed by atoms with van der Waals surface area (Å²) in [6, 6.07) is 18.8. The van der Waals surface area contributed by atoms with Gasteiger partial charge in [-0.05, 0) is 0 Å². The standard InChI is InChI=1S/2C21H23.C2H4.2ClH.Zr/c2*1-6-17-11-19-14(3)10-15(4)21(20(19)12-17)18-9-7-8-13(2)16(18)5;1-2;;;/h2*7-12H,6H2,1-5H3;1-2H2;2*1H;/q;;;;;+2/p-2. The van der Waals surface area contributed by atoms with E-state index in [2.05, 4.69) is 130 Å². The van der Waals surface area contributed by atoms with Crippen molar-refractivity contribution in [1.29, 1.82) is 0 Å². The van der Waals surface area contributed by atoms with Crippen LogP contribution in [0.1, 0.15) is 101 Å². The van der Waals surface area contributed by atoms with E-state index in [9.17, 15) is 0 Å². The molecular weight excluding hydrogens is 691 g/mol. The van der Waals surface area contributed by atoms with Gasteiger partial charge in [0.15, 0.2) is 0 Å². The van der Waals surface area contributed by atoms with Crippen LogP contribution < -0.4 is 24.8 Å². The fraction of sp³-hybridized carbons (Fsp3) is 0.364. The first kappa shape index (κ1) is 36.1. The molecule has 2 unspecified atom stereocenters. The molecule has 0 radical (unpaired) electrons. The van der Waals surface area contributed by atoms with Crippen LogP contribution in [-0.4, -0.2) is 0 Å². The van der Waals surface area contributed by atoms with Crippen molar-refractivity contribution in [2.24, 2.45) is 0 Å². The average molecular weight is 741 g/mol. The molecule has 3 aliphatic rings. The molecule has 0 spiro atoms. The molecule has 0 nitrogen and oxygen atoms in total. The summed E-state index contributed by atoms with van der Waals surface area (Å²) in [6.45, 7) is 23.6. The van der Waals surface area contributed by atoms with E-state index in [1.165, 1.54) is 75.0 Å². The van der Waals surface area contributed by atoms with Gasteiger partial charge in [0, 0.05) is 0 Å². The number of hydrogen-bond acceptors (Lipinski definition) is 0. The molecule has 2 aliphatic carbocycles. The summed E-state index contributed by atoms with van der Waals surface area (Å²) in [5, 5.41) is 0. The second kappa shape index (κ2) is 13.3. The maximum absolute atomic E-state index is 2.82. The van der Waals surface area contributed by atoms with Crippen LogP contribution in [0.4, 0.5) is 0 Å². The van der Waals surface area contributed by atoms with Crippen LogP contribution in [0.3, 0.4) is 0 Å². The summed E-state index contributed by atoms with van der Waals surface area (Å²) >= 11 is -2.82. The summed E-state index contributed by atoms with van der Waals surface area (Å²) in [5.74, 6) is 0. The van der Waals surface area contributed by atoms with E-state index in [1.54, 1.807) is 33.4 Å². The largest absolute Gasteiger partial charge is 1.00 e. The Labute approximate surface area is 301 Å². The Morgan fingerprint density at radius 3 is 1.26 bits per heavy atom. The van der Waals surface area contributed by atoms with Gasteiger partial charge in [0.1, 0.15) is 0 Å². The summed E-state index contributed by atoms with van der Waals surface area (Å²) in [6.07, 6.45) is 7.69. The number of fused-ring (bicyclic) bond motifs is 2. The van der Waals surface area contributed by atoms with E-state index >= 15 is 0 Å². The predicted octanol–water partition coefficient (Wildman–Crippen LogP) is 6.90. The van der Waals surface area contributed by atoms with Crippen LogP contribution >= 0.6 is 0 Å². The minimum absolute atomic E-state index is 0. The zero-order valence-corrected chi connectivity index (χ0v) is 34.0. The van der Waals surface area contributed by atoms with Gasteiger partial charge in [0.2, 0.25) is 0 Å². The topological polar surface area (TPSA) is 0 Å². The molecule has 244 valence electrons. The molecule has 1 aliphatic heterocycles. The number of benzene rings is 4. The SMILES string of the molecule is CCC1=Cc2c(-c3cccc(C)c3C)c(C)cc(C)c2[CH]1[Zr+2]1([CH]2C(CC)=Cc3c(-c4cccc(C)c4C)c(C)cc(C)c32)[CH2][CH2]1.[Cl-].[Cl-].